The van der Waals surface area contributed by atoms with Gasteiger partial charge in [-0.25, -0.2) is 4.98 Å². The van der Waals surface area contributed by atoms with Crippen molar-refractivity contribution in [2.75, 3.05) is 11.9 Å². The van der Waals surface area contributed by atoms with Gasteiger partial charge in [-0.05, 0) is 29.3 Å². The van der Waals surface area contributed by atoms with Gasteiger partial charge >= 0.3 is 0 Å². The highest BCUT2D eigenvalue weighted by molar-refractivity contribution is 5.43. The Kier molecular flexibility index (Phi) is 4.58. The first kappa shape index (κ1) is 15.4. The van der Waals surface area contributed by atoms with E-state index in [4.69, 9.17) is 4.98 Å². The molecule has 112 valence electrons. The Labute approximate surface area is 126 Å². The number of hydrogen-bond donors (Lipinski definition) is 1. The van der Waals surface area contributed by atoms with Gasteiger partial charge in [0.1, 0.15) is 5.82 Å². The van der Waals surface area contributed by atoms with E-state index in [1.807, 2.05) is 37.5 Å². The molecule has 1 N–H and O–H groups in total. The molecule has 0 aromatic carbocycles. The molecule has 0 radical (unpaired) electrons. The van der Waals surface area contributed by atoms with Crippen LogP contribution < -0.4 is 4.90 Å². The van der Waals surface area contributed by atoms with Crippen LogP contribution in [0.2, 0.25) is 0 Å². The second-order valence-electron chi connectivity index (χ2n) is 6.34. The summed E-state index contributed by atoms with van der Waals surface area (Å²) in [6.45, 7) is 7.14. The quantitative estimate of drug-likeness (QED) is 0.938. The van der Waals surface area contributed by atoms with Crippen molar-refractivity contribution in [2.24, 2.45) is 0 Å². The number of aliphatic hydroxyl groups excluding tert-OH is 1. The van der Waals surface area contributed by atoms with Crippen LogP contribution in [0.1, 0.15) is 37.6 Å². The van der Waals surface area contributed by atoms with Crippen LogP contribution in [0.4, 0.5) is 5.82 Å². The summed E-state index contributed by atoms with van der Waals surface area (Å²) in [6.07, 6.45) is 3.63. The van der Waals surface area contributed by atoms with Crippen molar-refractivity contribution >= 4 is 5.82 Å². The smallest absolute Gasteiger partial charge is 0.129 e. The molecule has 2 aromatic rings. The molecule has 0 atom stereocenters. The third kappa shape index (κ3) is 4.02. The van der Waals surface area contributed by atoms with E-state index in [-0.39, 0.29) is 12.0 Å². The molecule has 0 aliphatic carbocycles. The lowest BCUT2D eigenvalue weighted by molar-refractivity contribution is 0.281. The summed E-state index contributed by atoms with van der Waals surface area (Å²) < 4.78 is 0. The van der Waals surface area contributed by atoms with Gasteiger partial charge in [-0.1, -0.05) is 26.8 Å². The van der Waals surface area contributed by atoms with Gasteiger partial charge in [0, 0.05) is 37.1 Å². The van der Waals surface area contributed by atoms with Gasteiger partial charge in [0.25, 0.3) is 0 Å². The molecule has 4 heteroatoms. The molecule has 0 amide bonds. The topological polar surface area (TPSA) is 49.2 Å². The number of aromatic nitrogens is 2. The molecule has 4 nitrogen and oxygen atoms in total. The molecule has 0 aliphatic heterocycles. The summed E-state index contributed by atoms with van der Waals surface area (Å²) in [5.74, 6) is 0.871. The second kappa shape index (κ2) is 6.22. The SMILES string of the molecule is CN(Cc1cccnc1)c1cc(CO)cc(C(C)(C)C)n1. The number of nitrogens with zero attached hydrogens (tertiary/aromatic N) is 3. The zero-order chi connectivity index (χ0) is 15.5. The maximum atomic E-state index is 9.47. The standard InChI is InChI=1S/C17H23N3O/c1-17(2,3)15-8-14(12-21)9-16(19-15)20(4)11-13-6-5-7-18-10-13/h5-10,21H,11-12H2,1-4H3. The molecule has 2 heterocycles. The first-order valence-corrected chi connectivity index (χ1v) is 7.12. The van der Waals surface area contributed by atoms with Gasteiger partial charge in [-0.15, -0.1) is 0 Å². The minimum Gasteiger partial charge on any atom is -0.392 e. The van der Waals surface area contributed by atoms with E-state index in [9.17, 15) is 5.11 Å². The van der Waals surface area contributed by atoms with E-state index in [1.165, 1.54) is 0 Å². The van der Waals surface area contributed by atoms with Gasteiger partial charge < -0.3 is 10.0 Å². The van der Waals surface area contributed by atoms with Crippen LogP contribution in [0.3, 0.4) is 0 Å². The molecule has 21 heavy (non-hydrogen) atoms. The lowest BCUT2D eigenvalue weighted by Crippen LogP contribution is -2.21. The van der Waals surface area contributed by atoms with Gasteiger partial charge in [0.15, 0.2) is 0 Å². The van der Waals surface area contributed by atoms with Crippen LogP contribution in [-0.2, 0) is 18.6 Å². The second-order valence-corrected chi connectivity index (χ2v) is 6.34. The maximum absolute atomic E-state index is 9.47. The Morgan fingerprint density at radius 1 is 1.19 bits per heavy atom. The van der Waals surface area contributed by atoms with Crippen molar-refractivity contribution in [1.29, 1.82) is 0 Å². The first-order chi connectivity index (χ1) is 9.90. The van der Waals surface area contributed by atoms with Crippen LogP contribution in [0, 0.1) is 0 Å². The molecule has 2 rings (SSSR count). The largest absolute Gasteiger partial charge is 0.392 e. The normalized spacial score (nSPS) is 11.5. The number of aliphatic hydroxyl groups is 1. The van der Waals surface area contributed by atoms with Crippen molar-refractivity contribution in [2.45, 2.75) is 39.3 Å². The van der Waals surface area contributed by atoms with Crippen molar-refractivity contribution in [1.82, 2.24) is 9.97 Å². The number of anilines is 1. The molecule has 0 unspecified atom stereocenters. The highest BCUT2D eigenvalue weighted by atomic mass is 16.3. The van der Waals surface area contributed by atoms with Crippen molar-refractivity contribution in [3.63, 3.8) is 0 Å². The minimum absolute atomic E-state index is 0.0271. The van der Waals surface area contributed by atoms with Crippen molar-refractivity contribution in [3.05, 3.63) is 53.5 Å². The van der Waals surface area contributed by atoms with Crippen molar-refractivity contribution < 1.29 is 5.11 Å². The fourth-order valence-corrected chi connectivity index (χ4v) is 2.09. The average Bonchev–Trinajstić information content (AvgIpc) is 2.46. The minimum atomic E-state index is -0.0466. The molecule has 0 saturated heterocycles. The van der Waals surface area contributed by atoms with E-state index < -0.39 is 0 Å². The Morgan fingerprint density at radius 3 is 2.52 bits per heavy atom. The van der Waals surface area contributed by atoms with Gasteiger partial charge in [0.05, 0.1) is 6.61 Å². The molecule has 0 bridgehead atoms. The van der Waals surface area contributed by atoms with E-state index in [0.717, 1.165) is 29.2 Å². The van der Waals surface area contributed by atoms with E-state index >= 15 is 0 Å². The number of rotatable bonds is 4. The molecule has 0 aliphatic rings. The molecule has 0 spiro atoms. The van der Waals surface area contributed by atoms with E-state index in [2.05, 4.69) is 30.7 Å². The average molecular weight is 285 g/mol. The van der Waals surface area contributed by atoms with Crippen LogP contribution >= 0.6 is 0 Å². The third-order valence-electron chi connectivity index (χ3n) is 3.36. The van der Waals surface area contributed by atoms with Gasteiger partial charge in [0.2, 0.25) is 0 Å². The molecule has 0 fully saturated rings. The van der Waals surface area contributed by atoms with E-state index in [0.29, 0.717) is 0 Å². The Bertz CT molecular complexity index is 591. The highest BCUT2D eigenvalue weighted by Gasteiger charge is 2.18. The summed E-state index contributed by atoms with van der Waals surface area (Å²) in [4.78, 5) is 11.0. The van der Waals surface area contributed by atoms with Crippen LogP contribution in [0.5, 0.6) is 0 Å². The lowest BCUT2D eigenvalue weighted by Gasteiger charge is -2.24. The molecular formula is C17H23N3O. The fraction of sp³-hybridized carbons (Fsp3) is 0.412. The first-order valence-electron chi connectivity index (χ1n) is 7.12. The van der Waals surface area contributed by atoms with Crippen LogP contribution in [0.15, 0.2) is 36.7 Å². The zero-order valence-corrected chi connectivity index (χ0v) is 13.2. The van der Waals surface area contributed by atoms with Crippen molar-refractivity contribution in [3.8, 4) is 0 Å². The lowest BCUT2D eigenvalue weighted by atomic mass is 9.91. The number of hydrogen-bond acceptors (Lipinski definition) is 4. The fourth-order valence-electron chi connectivity index (χ4n) is 2.09. The summed E-state index contributed by atoms with van der Waals surface area (Å²) in [5.41, 5.74) is 2.97. The Hall–Kier alpha value is -1.94. The summed E-state index contributed by atoms with van der Waals surface area (Å²) in [5, 5.41) is 9.47. The number of pyridine rings is 2. The van der Waals surface area contributed by atoms with Gasteiger partial charge in [-0.2, -0.15) is 0 Å². The molecule has 0 saturated carbocycles. The summed E-state index contributed by atoms with van der Waals surface area (Å²) >= 11 is 0. The predicted molar refractivity (Wildman–Crippen MR) is 85.2 cm³/mol. The Morgan fingerprint density at radius 2 is 1.95 bits per heavy atom. The van der Waals surface area contributed by atoms with Crippen LogP contribution in [-0.4, -0.2) is 22.1 Å². The monoisotopic (exact) mass is 285 g/mol. The van der Waals surface area contributed by atoms with Gasteiger partial charge in [-0.3, -0.25) is 4.98 Å². The summed E-state index contributed by atoms with van der Waals surface area (Å²) in [7, 11) is 2.00. The zero-order valence-electron chi connectivity index (χ0n) is 13.2. The summed E-state index contributed by atoms with van der Waals surface area (Å²) in [6, 6.07) is 7.89. The molecule has 2 aromatic heterocycles. The van der Waals surface area contributed by atoms with E-state index in [1.54, 1.807) is 6.20 Å². The highest BCUT2D eigenvalue weighted by Crippen LogP contribution is 2.25. The molecular weight excluding hydrogens is 262 g/mol. The Balaban J connectivity index is 2.30. The maximum Gasteiger partial charge on any atom is 0.129 e. The predicted octanol–water partition coefficient (Wildman–Crippen LogP) is 2.90. The third-order valence-corrected chi connectivity index (χ3v) is 3.36. The van der Waals surface area contributed by atoms with Crippen LogP contribution in [0.25, 0.3) is 0 Å².